The topological polar surface area (TPSA) is 101 Å². The molecule has 8 nitrogen and oxygen atoms in total. The molecule has 5 rings (SSSR count). The van der Waals surface area contributed by atoms with E-state index in [0.717, 1.165) is 11.3 Å². The van der Waals surface area contributed by atoms with Crippen LogP contribution >= 0.6 is 0 Å². The number of hydrogen-bond acceptors (Lipinski definition) is 7. The van der Waals surface area contributed by atoms with E-state index >= 15 is 0 Å². The monoisotopic (exact) mass is 381 g/mol. The molecule has 0 bridgehead atoms. The highest BCUT2D eigenvalue weighted by atomic mass is 19.1. The Morgan fingerprint density at radius 3 is 2.54 bits per heavy atom. The van der Waals surface area contributed by atoms with Crippen LogP contribution in [0, 0.1) is 12.7 Å². The van der Waals surface area contributed by atoms with E-state index < -0.39 is 5.54 Å². The van der Waals surface area contributed by atoms with Crippen molar-refractivity contribution in [2.75, 3.05) is 23.8 Å². The number of hydrogen-bond donors (Lipinski definition) is 3. The molecule has 1 aliphatic carbocycles. The Hall–Kier alpha value is -3.07. The van der Waals surface area contributed by atoms with Gasteiger partial charge in [0.2, 0.25) is 11.9 Å². The summed E-state index contributed by atoms with van der Waals surface area (Å²) >= 11 is 0. The van der Waals surface area contributed by atoms with Crippen molar-refractivity contribution in [1.82, 2.24) is 25.1 Å². The molecule has 0 atom stereocenters. The number of nitrogens with zero attached hydrogens (tertiary/aromatic N) is 4. The van der Waals surface area contributed by atoms with Crippen LogP contribution in [0.1, 0.15) is 35.8 Å². The third kappa shape index (κ3) is 3.29. The number of aromatic amines is 1. The van der Waals surface area contributed by atoms with E-state index in [9.17, 15) is 4.39 Å². The number of aryl methyl sites for hydroxylation is 1. The van der Waals surface area contributed by atoms with Crippen molar-refractivity contribution < 1.29 is 9.13 Å². The van der Waals surface area contributed by atoms with E-state index in [4.69, 9.17) is 4.74 Å². The number of H-pyrrole nitrogens is 1. The van der Waals surface area contributed by atoms with Gasteiger partial charge in [0.15, 0.2) is 5.82 Å². The molecule has 28 heavy (non-hydrogen) atoms. The number of aromatic nitrogens is 5. The first kappa shape index (κ1) is 17.1. The van der Waals surface area contributed by atoms with Crippen LogP contribution in [0.4, 0.5) is 22.1 Å². The molecular weight excluding hydrogens is 361 g/mol. The summed E-state index contributed by atoms with van der Waals surface area (Å²) in [6.07, 6.45) is 2.40. The summed E-state index contributed by atoms with van der Waals surface area (Å²) in [5.74, 6) is 2.42. The Morgan fingerprint density at radius 1 is 1.11 bits per heavy atom. The SMILES string of the molecule is Cc1nc(Nc2cc(C3CC3)[nH]n2)nc(NC2(c3ccc(F)cc3)COC2)n1. The average Bonchev–Trinajstić information content (AvgIpc) is 3.38. The van der Waals surface area contributed by atoms with E-state index in [1.165, 1.54) is 25.0 Å². The Morgan fingerprint density at radius 2 is 1.86 bits per heavy atom. The molecule has 1 aliphatic heterocycles. The molecule has 0 spiro atoms. The molecule has 3 heterocycles. The highest BCUT2D eigenvalue weighted by molar-refractivity contribution is 5.51. The lowest BCUT2D eigenvalue weighted by atomic mass is 9.88. The molecule has 2 fully saturated rings. The third-order valence-electron chi connectivity index (χ3n) is 5.05. The van der Waals surface area contributed by atoms with Gasteiger partial charge in [-0.2, -0.15) is 20.1 Å². The predicted octanol–water partition coefficient (Wildman–Crippen LogP) is 3.00. The van der Waals surface area contributed by atoms with Crippen molar-refractivity contribution in [3.8, 4) is 0 Å². The summed E-state index contributed by atoms with van der Waals surface area (Å²) in [6.45, 7) is 2.71. The molecule has 9 heteroatoms. The van der Waals surface area contributed by atoms with Gasteiger partial charge in [0.05, 0.1) is 13.2 Å². The molecule has 0 radical (unpaired) electrons. The van der Waals surface area contributed by atoms with Gasteiger partial charge in [-0.05, 0) is 37.5 Å². The fraction of sp³-hybridized carbons (Fsp3) is 0.368. The van der Waals surface area contributed by atoms with E-state index in [-0.39, 0.29) is 5.82 Å². The fourth-order valence-electron chi connectivity index (χ4n) is 3.31. The van der Waals surface area contributed by atoms with E-state index in [1.54, 1.807) is 19.1 Å². The van der Waals surface area contributed by atoms with Gasteiger partial charge in [0, 0.05) is 17.7 Å². The molecule has 0 unspecified atom stereocenters. The third-order valence-corrected chi connectivity index (χ3v) is 5.05. The van der Waals surface area contributed by atoms with Gasteiger partial charge in [-0.1, -0.05) is 12.1 Å². The van der Waals surface area contributed by atoms with Crippen LogP contribution in [0.2, 0.25) is 0 Å². The second-order valence-corrected chi connectivity index (χ2v) is 7.34. The maximum atomic E-state index is 13.3. The lowest BCUT2D eigenvalue weighted by molar-refractivity contribution is -0.0451. The van der Waals surface area contributed by atoms with Crippen molar-refractivity contribution in [2.45, 2.75) is 31.2 Å². The van der Waals surface area contributed by atoms with Crippen molar-refractivity contribution in [1.29, 1.82) is 0 Å². The second kappa shape index (κ2) is 6.52. The summed E-state index contributed by atoms with van der Waals surface area (Å²) in [5, 5.41) is 13.8. The molecule has 3 aromatic rings. The maximum Gasteiger partial charge on any atom is 0.233 e. The summed E-state index contributed by atoms with van der Waals surface area (Å²) in [4.78, 5) is 13.2. The maximum absolute atomic E-state index is 13.3. The number of halogens is 1. The quantitative estimate of drug-likeness (QED) is 0.603. The first-order valence-electron chi connectivity index (χ1n) is 9.27. The summed E-state index contributed by atoms with van der Waals surface area (Å²) < 4.78 is 18.7. The number of rotatable bonds is 6. The lowest BCUT2D eigenvalue weighted by Gasteiger charge is -2.42. The molecule has 1 saturated carbocycles. The minimum absolute atomic E-state index is 0.272. The second-order valence-electron chi connectivity index (χ2n) is 7.34. The summed E-state index contributed by atoms with van der Waals surface area (Å²) in [7, 11) is 0. The summed E-state index contributed by atoms with van der Waals surface area (Å²) in [6, 6.07) is 8.38. The zero-order valence-electron chi connectivity index (χ0n) is 15.4. The predicted molar refractivity (Wildman–Crippen MR) is 101 cm³/mol. The number of benzene rings is 1. The number of anilines is 3. The van der Waals surface area contributed by atoms with Crippen LogP contribution in [0.3, 0.4) is 0 Å². The lowest BCUT2D eigenvalue weighted by Crippen LogP contribution is -2.53. The van der Waals surface area contributed by atoms with Crippen LogP contribution in [0.15, 0.2) is 30.3 Å². The zero-order chi connectivity index (χ0) is 19.1. The number of nitrogens with one attached hydrogen (secondary N) is 3. The van der Waals surface area contributed by atoms with Gasteiger partial charge >= 0.3 is 0 Å². The zero-order valence-corrected chi connectivity index (χ0v) is 15.4. The van der Waals surface area contributed by atoms with Gasteiger partial charge in [-0.15, -0.1) is 0 Å². The van der Waals surface area contributed by atoms with Gasteiger partial charge < -0.3 is 15.4 Å². The Balaban J connectivity index is 1.38. The molecule has 1 aromatic carbocycles. The standard InChI is InChI=1S/C19H20FN7O/c1-11-21-17(23-16-8-15(26-27-16)12-2-3-12)24-18(22-11)25-19(9-28-10-19)13-4-6-14(20)7-5-13/h4-8,12H,2-3,9-10H2,1H3,(H3,21,22,23,24,25,26,27). The van der Waals surface area contributed by atoms with Crippen LogP contribution < -0.4 is 10.6 Å². The average molecular weight is 381 g/mol. The van der Waals surface area contributed by atoms with Crippen LogP contribution in [-0.4, -0.2) is 38.4 Å². The van der Waals surface area contributed by atoms with E-state index in [0.29, 0.717) is 42.7 Å². The van der Waals surface area contributed by atoms with Crippen molar-refractivity contribution in [3.05, 3.63) is 53.2 Å². The van der Waals surface area contributed by atoms with Crippen molar-refractivity contribution >= 4 is 17.7 Å². The highest BCUT2D eigenvalue weighted by Crippen LogP contribution is 2.39. The van der Waals surface area contributed by atoms with E-state index in [2.05, 4.69) is 35.8 Å². The first-order chi connectivity index (χ1) is 13.6. The molecular formula is C19H20FN7O. The Kier molecular flexibility index (Phi) is 3.97. The van der Waals surface area contributed by atoms with Gasteiger partial charge in [0.1, 0.15) is 17.2 Å². The van der Waals surface area contributed by atoms with E-state index in [1.807, 2.05) is 6.07 Å². The van der Waals surface area contributed by atoms with Crippen molar-refractivity contribution in [3.63, 3.8) is 0 Å². The van der Waals surface area contributed by atoms with Crippen molar-refractivity contribution in [2.24, 2.45) is 0 Å². The highest BCUT2D eigenvalue weighted by Gasteiger charge is 2.41. The molecule has 3 N–H and O–H groups in total. The molecule has 2 aliphatic rings. The normalized spacial score (nSPS) is 17.8. The molecule has 2 aromatic heterocycles. The summed E-state index contributed by atoms with van der Waals surface area (Å²) in [5.41, 5.74) is 1.58. The van der Waals surface area contributed by atoms with Crippen LogP contribution in [0.25, 0.3) is 0 Å². The number of ether oxygens (including phenoxy) is 1. The van der Waals surface area contributed by atoms with Crippen LogP contribution in [-0.2, 0) is 10.3 Å². The smallest absolute Gasteiger partial charge is 0.233 e. The van der Waals surface area contributed by atoms with Gasteiger partial charge in [-0.3, -0.25) is 5.10 Å². The Bertz CT molecular complexity index is 996. The molecule has 144 valence electrons. The minimum Gasteiger partial charge on any atom is -0.376 e. The van der Waals surface area contributed by atoms with Gasteiger partial charge in [-0.25, -0.2) is 4.39 Å². The van der Waals surface area contributed by atoms with Crippen LogP contribution in [0.5, 0.6) is 0 Å². The largest absolute Gasteiger partial charge is 0.376 e. The Labute approximate surface area is 161 Å². The van der Waals surface area contributed by atoms with Gasteiger partial charge in [0.25, 0.3) is 0 Å². The minimum atomic E-state index is -0.482. The first-order valence-corrected chi connectivity index (χ1v) is 9.27. The molecule has 1 saturated heterocycles. The fourth-order valence-corrected chi connectivity index (χ4v) is 3.31. The molecule has 0 amide bonds.